The molecule has 1 fully saturated rings. The van der Waals surface area contributed by atoms with Crippen molar-refractivity contribution >= 4 is 17.4 Å². The van der Waals surface area contributed by atoms with Crippen molar-refractivity contribution in [3.05, 3.63) is 30.3 Å². The lowest BCUT2D eigenvalue weighted by Gasteiger charge is -2.32. The van der Waals surface area contributed by atoms with E-state index >= 15 is 0 Å². The van der Waals surface area contributed by atoms with Crippen molar-refractivity contribution in [1.29, 1.82) is 0 Å². The van der Waals surface area contributed by atoms with Crippen LogP contribution in [0.4, 0.5) is 5.69 Å². The van der Waals surface area contributed by atoms with E-state index in [-0.39, 0.29) is 0 Å². The Morgan fingerprint density at radius 3 is 2.83 bits per heavy atom. The van der Waals surface area contributed by atoms with Gasteiger partial charge in [-0.25, -0.2) is 0 Å². The Labute approximate surface area is 115 Å². The fourth-order valence-corrected chi connectivity index (χ4v) is 3.25. The third-order valence-corrected chi connectivity index (χ3v) is 4.47. The lowest BCUT2D eigenvalue weighted by molar-refractivity contribution is 0.544. The number of unbranched alkanes of at least 4 members (excludes halogenated alkanes) is 1. The van der Waals surface area contributed by atoms with Gasteiger partial charge in [0.15, 0.2) is 0 Å². The maximum absolute atomic E-state index is 3.63. The van der Waals surface area contributed by atoms with Crippen molar-refractivity contribution in [3.63, 3.8) is 0 Å². The summed E-state index contributed by atoms with van der Waals surface area (Å²) < 4.78 is 0. The van der Waals surface area contributed by atoms with Crippen LogP contribution >= 0.6 is 11.8 Å². The Morgan fingerprint density at radius 2 is 2.17 bits per heavy atom. The fraction of sp³-hybridized carbons (Fsp3) is 0.600. The zero-order chi connectivity index (χ0) is 12.6. The number of rotatable bonds is 6. The van der Waals surface area contributed by atoms with Crippen LogP contribution in [0.3, 0.4) is 0 Å². The number of thioether (sulfide) groups is 1. The van der Waals surface area contributed by atoms with Gasteiger partial charge in [0.25, 0.3) is 0 Å². The first-order valence-corrected chi connectivity index (χ1v) is 8.16. The SMILES string of the molecule is CCCCN(CC1CSCCN1)c1ccccc1. The number of nitrogens with one attached hydrogen (secondary N) is 1. The largest absolute Gasteiger partial charge is 0.370 e. The molecule has 3 heteroatoms. The molecule has 0 amide bonds. The maximum Gasteiger partial charge on any atom is 0.0366 e. The second-order valence-corrected chi connectivity index (χ2v) is 6.01. The quantitative estimate of drug-likeness (QED) is 0.850. The van der Waals surface area contributed by atoms with Gasteiger partial charge in [-0.3, -0.25) is 0 Å². The summed E-state index contributed by atoms with van der Waals surface area (Å²) in [5.41, 5.74) is 1.36. The van der Waals surface area contributed by atoms with Crippen molar-refractivity contribution in [3.8, 4) is 0 Å². The summed E-state index contributed by atoms with van der Waals surface area (Å²) in [5, 5.41) is 3.63. The highest BCUT2D eigenvalue weighted by Gasteiger charge is 2.16. The van der Waals surface area contributed by atoms with Crippen molar-refractivity contribution < 1.29 is 0 Å². The Kier molecular flexibility index (Phi) is 5.88. The van der Waals surface area contributed by atoms with Gasteiger partial charge in [0.1, 0.15) is 0 Å². The van der Waals surface area contributed by atoms with Gasteiger partial charge in [-0.05, 0) is 18.6 Å². The van der Waals surface area contributed by atoms with Crippen molar-refractivity contribution in [2.24, 2.45) is 0 Å². The molecule has 1 N–H and O–H groups in total. The summed E-state index contributed by atoms with van der Waals surface area (Å²) in [6.45, 7) is 5.73. The molecule has 1 aliphatic rings. The molecule has 0 aromatic heterocycles. The monoisotopic (exact) mass is 264 g/mol. The van der Waals surface area contributed by atoms with Crippen LogP contribution in [-0.2, 0) is 0 Å². The Morgan fingerprint density at radius 1 is 1.33 bits per heavy atom. The molecule has 1 aromatic carbocycles. The minimum absolute atomic E-state index is 0.640. The summed E-state index contributed by atoms with van der Waals surface area (Å²) in [6, 6.07) is 11.5. The van der Waals surface area contributed by atoms with Crippen LogP contribution in [0.1, 0.15) is 19.8 Å². The molecule has 18 heavy (non-hydrogen) atoms. The van der Waals surface area contributed by atoms with Crippen LogP contribution in [0, 0.1) is 0 Å². The van der Waals surface area contributed by atoms with Crippen LogP contribution < -0.4 is 10.2 Å². The molecular formula is C15H24N2S. The molecule has 100 valence electrons. The zero-order valence-electron chi connectivity index (χ0n) is 11.3. The Balaban J connectivity index is 1.95. The number of hydrogen-bond acceptors (Lipinski definition) is 3. The van der Waals surface area contributed by atoms with Gasteiger partial charge in [-0.2, -0.15) is 11.8 Å². The summed E-state index contributed by atoms with van der Waals surface area (Å²) in [5.74, 6) is 2.51. The van der Waals surface area contributed by atoms with Gasteiger partial charge in [0.2, 0.25) is 0 Å². The minimum atomic E-state index is 0.640. The highest BCUT2D eigenvalue weighted by Crippen LogP contribution is 2.17. The molecule has 0 aliphatic carbocycles. The van der Waals surface area contributed by atoms with E-state index < -0.39 is 0 Å². The van der Waals surface area contributed by atoms with E-state index in [1.54, 1.807) is 0 Å². The second-order valence-electron chi connectivity index (χ2n) is 4.86. The van der Waals surface area contributed by atoms with Crippen LogP contribution in [0.15, 0.2) is 30.3 Å². The molecule has 1 saturated heterocycles. The minimum Gasteiger partial charge on any atom is -0.370 e. The average Bonchev–Trinajstić information content (AvgIpc) is 2.45. The van der Waals surface area contributed by atoms with E-state index in [2.05, 4.69) is 59.2 Å². The van der Waals surface area contributed by atoms with E-state index in [9.17, 15) is 0 Å². The van der Waals surface area contributed by atoms with E-state index in [0.717, 1.165) is 13.1 Å². The zero-order valence-corrected chi connectivity index (χ0v) is 12.1. The molecule has 0 bridgehead atoms. The molecule has 0 radical (unpaired) electrons. The molecule has 1 aromatic rings. The van der Waals surface area contributed by atoms with E-state index in [1.807, 2.05) is 0 Å². The summed E-state index contributed by atoms with van der Waals surface area (Å²) >= 11 is 2.07. The van der Waals surface area contributed by atoms with Gasteiger partial charge in [-0.15, -0.1) is 0 Å². The van der Waals surface area contributed by atoms with Gasteiger partial charge >= 0.3 is 0 Å². The normalized spacial score (nSPS) is 19.7. The molecule has 1 heterocycles. The highest BCUT2D eigenvalue weighted by molar-refractivity contribution is 7.99. The lowest BCUT2D eigenvalue weighted by atomic mass is 10.2. The number of benzene rings is 1. The van der Waals surface area contributed by atoms with Crippen molar-refractivity contribution in [2.75, 3.05) is 36.0 Å². The number of anilines is 1. The summed E-state index contributed by atoms with van der Waals surface area (Å²) in [6.07, 6.45) is 2.53. The van der Waals surface area contributed by atoms with Gasteiger partial charge in [0.05, 0.1) is 0 Å². The average molecular weight is 264 g/mol. The first-order valence-electron chi connectivity index (χ1n) is 7.01. The first-order chi connectivity index (χ1) is 8.90. The maximum atomic E-state index is 3.63. The van der Waals surface area contributed by atoms with Crippen molar-refractivity contribution in [1.82, 2.24) is 5.32 Å². The number of para-hydroxylation sites is 1. The van der Waals surface area contributed by atoms with Gasteiger partial charge in [0, 0.05) is 42.9 Å². The predicted octanol–water partition coefficient (Wildman–Crippen LogP) is 3.00. The molecule has 1 aliphatic heterocycles. The highest BCUT2D eigenvalue weighted by atomic mass is 32.2. The van der Waals surface area contributed by atoms with E-state index in [1.165, 1.54) is 36.6 Å². The van der Waals surface area contributed by atoms with Gasteiger partial charge in [-0.1, -0.05) is 31.5 Å². The van der Waals surface area contributed by atoms with E-state index in [0.29, 0.717) is 6.04 Å². The van der Waals surface area contributed by atoms with Crippen LogP contribution in [0.5, 0.6) is 0 Å². The third kappa shape index (κ3) is 4.21. The fourth-order valence-electron chi connectivity index (χ4n) is 2.32. The number of nitrogens with zero attached hydrogens (tertiary/aromatic N) is 1. The van der Waals surface area contributed by atoms with Crippen molar-refractivity contribution in [2.45, 2.75) is 25.8 Å². The smallest absolute Gasteiger partial charge is 0.0366 e. The molecule has 2 nitrogen and oxygen atoms in total. The molecular weight excluding hydrogens is 240 g/mol. The first kappa shape index (κ1) is 13.8. The lowest BCUT2D eigenvalue weighted by Crippen LogP contribution is -2.46. The summed E-state index contributed by atoms with van der Waals surface area (Å²) in [7, 11) is 0. The standard InChI is InChI=1S/C15H24N2S/c1-2-3-10-17(15-7-5-4-6-8-15)12-14-13-18-11-9-16-14/h4-8,14,16H,2-3,9-13H2,1H3. The molecule has 0 spiro atoms. The van der Waals surface area contributed by atoms with E-state index in [4.69, 9.17) is 0 Å². The van der Waals surface area contributed by atoms with Gasteiger partial charge < -0.3 is 10.2 Å². The predicted molar refractivity (Wildman–Crippen MR) is 82.7 cm³/mol. The topological polar surface area (TPSA) is 15.3 Å². The second kappa shape index (κ2) is 7.70. The van der Waals surface area contributed by atoms with Crippen LogP contribution in [-0.4, -0.2) is 37.2 Å². The molecule has 2 rings (SSSR count). The van der Waals surface area contributed by atoms with Crippen LogP contribution in [0.2, 0.25) is 0 Å². The Bertz CT molecular complexity index is 323. The Hall–Kier alpha value is -0.670. The third-order valence-electron chi connectivity index (χ3n) is 3.34. The summed E-state index contributed by atoms with van der Waals surface area (Å²) in [4.78, 5) is 2.53. The van der Waals surface area contributed by atoms with Crippen LogP contribution in [0.25, 0.3) is 0 Å². The number of hydrogen-bond donors (Lipinski definition) is 1. The molecule has 1 unspecified atom stereocenters. The molecule has 1 atom stereocenters. The molecule has 0 saturated carbocycles.